The lowest BCUT2D eigenvalue weighted by molar-refractivity contribution is 0.102. The monoisotopic (exact) mass is 350 g/mol. The lowest BCUT2D eigenvalue weighted by atomic mass is 10.1. The molecule has 2 heterocycles. The number of hydrogen-bond acceptors (Lipinski definition) is 5. The number of carbonyl (C=O) groups excluding carboxylic acids is 1. The zero-order chi connectivity index (χ0) is 17.9. The first kappa shape index (κ1) is 16.3. The maximum absolute atomic E-state index is 12.7. The Kier molecular flexibility index (Phi) is 4.37. The molecule has 0 radical (unpaired) electrons. The number of ether oxygens (including phenoxy) is 1. The fraction of sp³-hybridized carbons (Fsp3) is 0.211. The van der Waals surface area contributed by atoms with Gasteiger partial charge in [-0.05, 0) is 24.3 Å². The van der Waals surface area contributed by atoms with Gasteiger partial charge in [-0.3, -0.25) is 9.59 Å². The van der Waals surface area contributed by atoms with Crippen LogP contribution in [0.1, 0.15) is 10.5 Å². The van der Waals surface area contributed by atoms with Crippen LogP contribution in [0.5, 0.6) is 0 Å². The number of aromatic nitrogens is 2. The number of H-pyrrole nitrogens is 1. The molecular formula is C19H18N4O3. The molecule has 1 aliphatic rings. The molecule has 0 aliphatic carbocycles. The second kappa shape index (κ2) is 6.97. The highest BCUT2D eigenvalue weighted by Crippen LogP contribution is 2.21. The third kappa shape index (κ3) is 3.16. The highest BCUT2D eigenvalue weighted by atomic mass is 16.5. The van der Waals surface area contributed by atoms with Crippen LogP contribution in [-0.4, -0.2) is 42.4 Å². The predicted octanol–water partition coefficient (Wildman–Crippen LogP) is 2.01. The van der Waals surface area contributed by atoms with Crippen LogP contribution < -0.4 is 15.8 Å². The van der Waals surface area contributed by atoms with Crippen LogP contribution >= 0.6 is 0 Å². The molecule has 1 fully saturated rings. The molecule has 2 N–H and O–H groups in total. The van der Waals surface area contributed by atoms with Gasteiger partial charge in [-0.25, -0.2) is 5.10 Å². The molecule has 26 heavy (non-hydrogen) atoms. The van der Waals surface area contributed by atoms with Crippen molar-refractivity contribution in [3.63, 3.8) is 0 Å². The summed E-state index contributed by atoms with van der Waals surface area (Å²) in [6.45, 7) is 3.04. The lowest BCUT2D eigenvalue weighted by Gasteiger charge is -2.29. The van der Waals surface area contributed by atoms with Gasteiger partial charge in [0.1, 0.15) is 0 Å². The van der Waals surface area contributed by atoms with Crippen molar-refractivity contribution in [2.75, 3.05) is 36.5 Å². The van der Waals surface area contributed by atoms with Crippen LogP contribution in [-0.2, 0) is 4.74 Å². The molecule has 1 amide bonds. The van der Waals surface area contributed by atoms with E-state index in [1.54, 1.807) is 24.3 Å². The average molecular weight is 350 g/mol. The highest BCUT2D eigenvalue weighted by molar-refractivity contribution is 6.11. The van der Waals surface area contributed by atoms with Crippen molar-refractivity contribution in [1.82, 2.24) is 10.2 Å². The Bertz CT molecular complexity index is 1010. The summed E-state index contributed by atoms with van der Waals surface area (Å²) in [7, 11) is 0. The Balaban J connectivity index is 1.61. The second-order valence-corrected chi connectivity index (χ2v) is 6.05. The largest absolute Gasteiger partial charge is 0.378 e. The summed E-state index contributed by atoms with van der Waals surface area (Å²) in [5, 5.41) is 10.2. The fourth-order valence-electron chi connectivity index (χ4n) is 3.08. The number of nitrogens with one attached hydrogen (secondary N) is 2. The van der Waals surface area contributed by atoms with Crippen LogP contribution in [0.3, 0.4) is 0 Å². The van der Waals surface area contributed by atoms with Gasteiger partial charge in [-0.1, -0.05) is 24.3 Å². The highest BCUT2D eigenvalue weighted by Gasteiger charge is 2.15. The smallest absolute Gasteiger partial charge is 0.276 e. The van der Waals surface area contributed by atoms with Crippen molar-refractivity contribution in [3.8, 4) is 0 Å². The van der Waals surface area contributed by atoms with E-state index < -0.39 is 0 Å². The summed E-state index contributed by atoms with van der Waals surface area (Å²) < 4.78 is 5.38. The van der Waals surface area contributed by atoms with Crippen LogP contribution in [0.25, 0.3) is 10.8 Å². The first-order chi connectivity index (χ1) is 12.7. The number of rotatable bonds is 3. The Hall–Kier alpha value is -3.19. The normalized spacial score (nSPS) is 14.4. The molecule has 2 aromatic carbocycles. The summed E-state index contributed by atoms with van der Waals surface area (Å²) in [6, 6.07) is 14.6. The molecule has 0 saturated carbocycles. The van der Waals surface area contributed by atoms with Gasteiger partial charge in [0.05, 0.1) is 18.6 Å². The van der Waals surface area contributed by atoms with Gasteiger partial charge in [0.2, 0.25) is 0 Å². The Morgan fingerprint density at radius 1 is 1.08 bits per heavy atom. The number of benzene rings is 2. The molecule has 4 rings (SSSR count). The Morgan fingerprint density at radius 2 is 1.85 bits per heavy atom. The standard InChI is InChI=1S/C19H18N4O3/c24-18-16-7-2-1-6-15(16)17(21-22-18)19(25)20-13-4-3-5-14(12-13)23-8-10-26-11-9-23/h1-7,12H,8-11H2,(H,20,25)(H,22,24). The first-order valence-corrected chi connectivity index (χ1v) is 8.44. The van der Waals surface area contributed by atoms with Crippen LogP contribution in [0.2, 0.25) is 0 Å². The second-order valence-electron chi connectivity index (χ2n) is 6.05. The SMILES string of the molecule is O=C(Nc1cccc(N2CCOCC2)c1)c1n[nH]c(=O)c2ccccc12. The van der Waals surface area contributed by atoms with E-state index in [-0.39, 0.29) is 17.2 Å². The lowest BCUT2D eigenvalue weighted by Crippen LogP contribution is -2.36. The fourth-order valence-corrected chi connectivity index (χ4v) is 3.08. The first-order valence-electron chi connectivity index (χ1n) is 8.44. The summed E-state index contributed by atoms with van der Waals surface area (Å²) in [5.41, 5.74) is 1.59. The van der Waals surface area contributed by atoms with E-state index in [0.29, 0.717) is 29.7 Å². The van der Waals surface area contributed by atoms with E-state index in [4.69, 9.17) is 4.74 Å². The van der Waals surface area contributed by atoms with E-state index in [9.17, 15) is 9.59 Å². The molecule has 3 aromatic rings. The molecule has 0 atom stereocenters. The number of aromatic amines is 1. The molecule has 0 unspecified atom stereocenters. The van der Waals surface area contributed by atoms with Crippen molar-refractivity contribution in [1.29, 1.82) is 0 Å². The van der Waals surface area contributed by atoms with E-state index in [2.05, 4.69) is 20.4 Å². The van der Waals surface area contributed by atoms with Crippen LogP contribution in [0.4, 0.5) is 11.4 Å². The van der Waals surface area contributed by atoms with Crippen molar-refractivity contribution in [3.05, 3.63) is 64.6 Å². The van der Waals surface area contributed by atoms with Gasteiger partial charge < -0.3 is 15.0 Å². The topological polar surface area (TPSA) is 87.3 Å². The molecule has 0 bridgehead atoms. The molecule has 7 nitrogen and oxygen atoms in total. The number of hydrogen-bond donors (Lipinski definition) is 2. The zero-order valence-electron chi connectivity index (χ0n) is 14.1. The van der Waals surface area contributed by atoms with Gasteiger partial charge in [0.25, 0.3) is 11.5 Å². The van der Waals surface area contributed by atoms with Crippen molar-refractivity contribution >= 4 is 28.1 Å². The summed E-state index contributed by atoms with van der Waals surface area (Å²) in [6.07, 6.45) is 0. The van der Waals surface area contributed by atoms with Gasteiger partial charge in [0.15, 0.2) is 5.69 Å². The molecule has 7 heteroatoms. The zero-order valence-corrected chi connectivity index (χ0v) is 14.1. The van der Waals surface area contributed by atoms with E-state index >= 15 is 0 Å². The minimum atomic E-state index is -0.364. The number of anilines is 2. The van der Waals surface area contributed by atoms with E-state index in [1.165, 1.54) is 0 Å². The number of morpholine rings is 1. The molecular weight excluding hydrogens is 332 g/mol. The molecule has 1 aromatic heterocycles. The number of nitrogens with zero attached hydrogens (tertiary/aromatic N) is 2. The quantitative estimate of drug-likeness (QED) is 0.754. The van der Waals surface area contributed by atoms with E-state index in [1.807, 2.05) is 24.3 Å². The summed E-state index contributed by atoms with van der Waals surface area (Å²) >= 11 is 0. The van der Waals surface area contributed by atoms with Crippen molar-refractivity contribution in [2.24, 2.45) is 0 Å². The number of fused-ring (bicyclic) bond motifs is 1. The van der Waals surface area contributed by atoms with Gasteiger partial charge in [-0.15, -0.1) is 0 Å². The Morgan fingerprint density at radius 3 is 2.65 bits per heavy atom. The third-order valence-electron chi connectivity index (χ3n) is 4.39. The predicted molar refractivity (Wildman–Crippen MR) is 99.8 cm³/mol. The van der Waals surface area contributed by atoms with Gasteiger partial charge >= 0.3 is 0 Å². The average Bonchev–Trinajstić information content (AvgIpc) is 2.69. The Labute approximate surface area is 149 Å². The van der Waals surface area contributed by atoms with Gasteiger partial charge in [0, 0.05) is 29.9 Å². The van der Waals surface area contributed by atoms with Gasteiger partial charge in [-0.2, -0.15) is 5.10 Å². The van der Waals surface area contributed by atoms with Crippen LogP contribution in [0.15, 0.2) is 53.3 Å². The van der Waals surface area contributed by atoms with Crippen molar-refractivity contribution in [2.45, 2.75) is 0 Å². The minimum Gasteiger partial charge on any atom is -0.378 e. The maximum atomic E-state index is 12.7. The maximum Gasteiger partial charge on any atom is 0.276 e. The van der Waals surface area contributed by atoms with Crippen molar-refractivity contribution < 1.29 is 9.53 Å². The van der Waals surface area contributed by atoms with E-state index in [0.717, 1.165) is 18.8 Å². The molecule has 0 spiro atoms. The van der Waals surface area contributed by atoms with Crippen LogP contribution in [0, 0.1) is 0 Å². The number of amides is 1. The molecule has 132 valence electrons. The third-order valence-corrected chi connectivity index (χ3v) is 4.39. The summed E-state index contributed by atoms with van der Waals surface area (Å²) in [5.74, 6) is -0.364. The molecule has 1 saturated heterocycles. The minimum absolute atomic E-state index is 0.192. The molecule has 1 aliphatic heterocycles. The summed E-state index contributed by atoms with van der Waals surface area (Å²) in [4.78, 5) is 26.8. The number of carbonyl (C=O) groups is 1.